The van der Waals surface area contributed by atoms with Gasteiger partial charge in [0.2, 0.25) is 0 Å². The lowest BCUT2D eigenvalue weighted by Crippen LogP contribution is -2.36. The number of aromatic nitrogens is 1. The van der Waals surface area contributed by atoms with E-state index in [9.17, 15) is 0 Å². The zero-order valence-corrected chi connectivity index (χ0v) is 12.9. The Morgan fingerprint density at radius 3 is 2.85 bits per heavy atom. The minimum absolute atomic E-state index is 0.586. The summed E-state index contributed by atoms with van der Waals surface area (Å²) in [6.45, 7) is 8.06. The molecule has 2 rings (SSSR count). The molecule has 20 heavy (non-hydrogen) atoms. The van der Waals surface area contributed by atoms with Crippen LogP contribution in [0.15, 0.2) is 18.3 Å². The van der Waals surface area contributed by atoms with Gasteiger partial charge in [0, 0.05) is 44.7 Å². The molecule has 0 amide bonds. The van der Waals surface area contributed by atoms with Crippen molar-refractivity contribution in [3.8, 4) is 0 Å². The molecule has 4 heteroatoms. The summed E-state index contributed by atoms with van der Waals surface area (Å²) in [5.74, 6) is 0.670. The summed E-state index contributed by atoms with van der Waals surface area (Å²) in [7, 11) is 2.18. The Labute approximate surface area is 122 Å². The number of nitrogens with one attached hydrogen (secondary N) is 1. The first-order chi connectivity index (χ1) is 9.66. The van der Waals surface area contributed by atoms with Crippen molar-refractivity contribution < 1.29 is 4.74 Å². The number of rotatable bonds is 6. The highest BCUT2D eigenvalue weighted by Crippen LogP contribution is 2.21. The second-order valence-corrected chi connectivity index (χ2v) is 5.98. The molecular formula is C16H27N3O. The van der Waals surface area contributed by atoms with Gasteiger partial charge in [0.25, 0.3) is 0 Å². The predicted molar refractivity (Wildman–Crippen MR) is 83.0 cm³/mol. The number of nitrogens with zero attached hydrogens (tertiary/aromatic N) is 2. The smallest absolute Gasteiger partial charge is 0.0562 e. The van der Waals surface area contributed by atoms with Gasteiger partial charge in [0.1, 0.15) is 0 Å². The summed E-state index contributed by atoms with van der Waals surface area (Å²) in [4.78, 5) is 6.82. The number of pyridine rings is 1. The Morgan fingerprint density at radius 2 is 2.15 bits per heavy atom. The van der Waals surface area contributed by atoms with E-state index >= 15 is 0 Å². The Balaban J connectivity index is 1.93. The van der Waals surface area contributed by atoms with E-state index in [1.807, 2.05) is 6.20 Å². The summed E-state index contributed by atoms with van der Waals surface area (Å²) >= 11 is 0. The van der Waals surface area contributed by atoms with E-state index in [1.54, 1.807) is 0 Å². The maximum atomic E-state index is 5.44. The van der Waals surface area contributed by atoms with E-state index in [0.717, 1.165) is 44.8 Å². The van der Waals surface area contributed by atoms with Crippen molar-refractivity contribution in [1.82, 2.24) is 10.3 Å². The maximum Gasteiger partial charge on any atom is 0.0562 e. The van der Waals surface area contributed by atoms with Crippen LogP contribution in [0.25, 0.3) is 0 Å². The number of hydrogen-bond acceptors (Lipinski definition) is 4. The lowest BCUT2D eigenvalue weighted by atomic mass is 10.1. The number of hydrogen-bond donors (Lipinski definition) is 1. The lowest BCUT2D eigenvalue weighted by Gasteiger charge is -2.33. The predicted octanol–water partition coefficient (Wildman–Crippen LogP) is 2.44. The van der Waals surface area contributed by atoms with Crippen LogP contribution in [0.2, 0.25) is 0 Å². The molecule has 0 unspecified atom stereocenters. The summed E-state index contributed by atoms with van der Waals surface area (Å²) < 4.78 is 5.44. The maximum absolute atomic E-state index is 5.44. The van der Waals surface area contributed by atoms with Crippen molar-refractivity contribution in [2.45, 2.75) is 39.3 Å². The van der Waals surface area contributed by atoms with Gasteiger partial charge in [-0.25, -0.2) is 0 Å². The topological polar surface area (TPSA) is 37.4 Å². The van der Waals surface area contributed by atoms with Crippen molar-refractivity contribution >= 4 is 5.69 Å². The van der Waals surface area contributed by atoms with Gasteiger partial charge >= 0.3 is 0 Å². The molecule has 1 aliphatic rings. The molecule has 1 aliphatic heterocycles. The van der Waals surface area contributed by atoms with Crippen LogP contribution in [0.4, 0.5) is 5.69 Å². The monoisotopic (exact) mass is 277 g/mol. The molecule has 1 N–H and O–H groups in total. The summed E-state index contributed by atoms with van der Waals surface area (Å²) in [6.07, 6.45) is 4.14. The minimum Gasteiger partial charge on any atom is -0.381 e. The van der Waals surface area contributed by atoms with E-state index in [1.165, 1.54) is 5.69 Å². The van der Waals surface area contributed by atoms with Crippen molar-refractivity contribution in [2.75, 3.05) is 31.7 Å². The Morgan fingerprint density at radius 1 is 1.40 bits per heavy atom. The van der Waals surface area contributed by atoms with Gasteiger partial charge in [-0.15, -0.1) is 0 Å². The molecule has 2 heterocycles. The van der Waals surface area contributed by atoms with Crippen LogP contribution in [0.5, 0.6) is 0 Å². The Kier molecular flexibility index (Phi) is 5.80. The second-order valence-electron chi connectivity index (χ2n) is 5.98. The van der Waals surface area contributed by atoms with Gasteiger partial charge in [0.15, 0.2) is 0 Å². The fourth-order valence-electron chi connectivity index (χ4n) is 2.55. The van der Waals surface area contributed by atoms with Crippen LogP contribution in [0.3, 0.4) is 0 Å². The Bertz CT molecular complexity index is 402. The average molecular weight is 277 g/mol. The van der Waals surface area contributed by atoms with Gasteiger partial charge in [-0.05, 0) is 37.4 Å². The third kappa shape index (κ3) is 4.46. The highest BCUT2D eigenvalue weighted by Gasteiger charge is 2.18. The number of ether oxygens (including phenoxy) is 1. The van der Waals surface area contributed by atoms with Gasteiger partial charge in [-0.3, -0.25) is 4.98 Å². The molecule has 1 aromatic rings. The second kappa shape index (κ2) is 7.60. The van der Waals surface area contributed by atoms with E-state index in [0.29, 0.717) is 12.0 Å². The molecule has 0 spiro atoms. The highest BCUT2D eigenvalue weighted by atomic mass is 16.5. The molecule has 1 aromatic heterocycles. The SMILES string of the molecule is CC(C)CNCc1cc(N(C)C2CCOCC2)ccn1. The lowest BCUT2D eigenvalue weighted by molar-refractivity contribution is 0.0855. The molecule has 0 saturated carbocycles. The molecule has 1 fully saturated rings. The van der Waals surface area contributed by atoms with Crippen LogP contribution < -0.4 is 10.2 Å². The fourth-order valence-corrected chi connectivity index (χ4v) is 2.55. The standard InChI is InChI=1S/C16H27N3O/c1-13(2)11-17-12-14-10-16(4-7-18-14)19(3)15-5-8-20-9-6-15/h4,7,10,13,15,17H,5-6,8-9,11-12H2,1-3H3. The van der Waals surface area contributed by atoms with Crippen molar-refractivity contribution in [2.24, 2.45) is 5.92 Å². The minimum atomic E-state index is 0.586. The number of anilines is 1. The largest absolute Gasteiger partial charge is 0.381 e. The summed E-state index contributed by atoms with van der Waals surface area (Å²) in [5.41, 5.74) is 2.37. The van der Waals surface area contributed by atoms with Crippen molar-refractivity contribution in [1.29, 1.82) is 0 Å². The van der Waals surface area contributed by atoms with E-state index in [-0.39, 0.29) is 0 Å². The van der Waals surface area contributed by atoms with Gasteiger partial charge in [0.05, 0.1) is 5.69 Å². The van der Waals surface area contributed by atoms with Crippen LogP contribution in [0, 0.1) is 5.92 Å². The zero-order chi connectivity index (χ0) is 14.4. The first-order valence-electron chi connectivity index (χ1n) is 7.63. The van der Waals surface area contributed by atoms with Gasteiger partial charge in [-0.1, -0.05) is 13.8 Å². The average Bonchev–Trinajstić information content (AvgIpc) is 2.47. The van der Waals surface area contributed by atoms with Crippen molar-refractivity contribution in [3.63, 3.8) is 0 Å². The molecule has 1 saturated heterocycles. The molecule has 0 aliphatic carbocycles. The van der Waals surface area contributed by atoms with E-state index < -0.39 is 0 Å². The summed E-state index contributed by atoms with van der Waals surface area (Å²) in [5, 5.41) is 3.45. The van der Waals surface area contributed by atoms with Crippen LogP contribution >= 0.6 is 0 Å². The molecule has 0 radical (unpaired) electrons. The first kappa shape index (κ1) is 15.3. The van der Waals surface area contributed by atoms with Gasteiger partial charge < -0.3 is 15.0 Å². The van der Waals surface area contributed by atoms with E-state index in [2.05, 4.69) is 48.2 Å². The molecule has 0 aromatic carbocycles. The molecule has 112 valence electrons. The van der Waals surface area contributed by atoms with E-state index in [4.69, 9.17) is 4.74 Å². The quantitative estimate of drug-likeness (QED) is 0.866. The molecule has 0 atom stereocenters. The Hall–Kier alpha value is -1.13. The highest BCUT2D eigenvalue weighted by molar-refractivity contribution is 5.46. The van der Waals surface area contributed by atoms with Crippen LogP contribution in [-0.4, -0.2) is 37.8 Å². The first-order valence-corrected chi connectivity index (χ1v) is 7.63. The van der Waals surface area contributed by atoms with Crippen molar-refractivity contribution in [3.05, 3.63) is 24.0 Å². The third-order valence-corrected chi connectivity index (χ3v) is 3.80. The van der Waals surface area contributed by atoms with Gasteiger partial charge in [-0.2, -0.15) is 0 Å². The molecule has 4 nitrogen and oxygen atoms in total. The normalized spacial score (nSPS) is 16.6. The molecule has 0 bridgehead atoms. The van der Waals surface area contributed by atoms with Crippen LogP contribution in [-0.2, 0) is 11.3 Å². The molecular weight excluding hydrogens is 250 g/mol. The zero-order valence-electron chi connectivity index (χ0n) is 12.9. The van der Waals surface area contributed by atoms with Crippen LogP contribution in [0.1, 0.15) is 32.4 Å². The fraction of sp³-hybridized carbons (Fsp3) is 0.688. The summed E-state index contributed by atoms with van der Waals surface area (Å²) in [6, 6.07) is 4.88. The third-order valence-electron chi connectivity index (χ3n) is 3.80.